The maximum Gasteiger partial charge on any atom is 0.243 e. The number of sulfonamides is 1. The Morgan fingerprint density at radius 3 is 2.59 bits per heavy atom. The number of ether oxygens (including phenoxy) is 1. The van der Waals surface area contributed by atoms with Crippen LogP contribution in [0.15, 0.2) is 60.1 Å². The van der Waals surface area contributed by atoms with Crippen LogP contribution in [0.1, 0.15) is 24.6 Å². The Hall–Kier alpha value is -3.11. The van der Waals surface area contributed by atoms with Gasteiger partial charge in [-0.1, -0.05) is 0 Å². The van der Waals surface area contributed by atoms with Crippen LogP contribution in [0.25, 0.3) is 0 Å². The molecule has 0 spiro atoms. The summed E-state index contributed by atoms with van der Waals surface area (Å²) in [7, 11) is -2.12. The van der Waals surface area contributed by atoms with Crippen molar-refractivity contribution >= 4 is 21.7 Å². The predicted octanol–water partition coefficient (Wildman–Crippen LogP) is 2.54. The number of benzene rings is 1. The lowest BCUT2D eigenvalue weighted by Crippen LogP contribution is -2.31. The van der Waals surface area contributed by atoms with Crippen molar-refractivity contribution in [1.82, 2.24) is 24.2 Å². The molecule has 9 nitrogen and oxygen atoms in total. The first-order valence-corrected chi connectivity index (χ1v) is 10.5. The number of hydrogen-bond donors (Lipinski definition) is 1. The Morgan fingerprint density at radius 1 is 1.07 bits per heavy atom. The number of methoxy groups -OCH3 is 1. The molecule has 1 aliphatic heterocycles. The molecule has 3 aromatic rings. The molecule has 29 heavy (non-hydrogen) atoms. The van der Waals surface area contributed by atoms with Gasteiger partial charge in [0.05, 0.1) is 42.3 Å². The van der Waals surface area contributed by atoms with Crippen LogP contribution in [0.3, 0.4) is 0 Å². The summed E-state index contributed by atoms with van der Waals surface area (Å²) >= 11 is 0. The molecule has 2 aromatic heterocycles. The summed E-state index contributed by atoms with van der Waals surface area (Å²) < 4.78 is 33.0. The van der Waals surface area contributed by atoms with Crippen LogP contribution in [-0.4, -0.2) is 46.3 Å². The zero-order valence-corrected chi connectivity index (χ0v) is 16.6. The molecule has 0 saturated carbocycles. The maximum atomic E-state index is 13.2. The first-order chi connectivity index (χ1) is 14.1. The van der Waals surface area contributed by atoms with Crippen LogP contribution in [0.5, 0.6) is 5.75 Å². The van der Waals surface area contributed by atoms with Gasteiger partial charge in [0.15, 0.2) is 0 Å². The number of rotatable bonds is 6. The molecule has 1 aromatic carbocycles. The first kappa shape index (κ1) is 19.2. The fourth-order valence-corrected chi connectivity index (χ4v) is 4.97. The highest BCUT2D eigenvalue weighted by molar-refractivity contribution is 7.89. The monoisotopic (exact) mass is 412 g/mol. The zero-order chi connectivity index (χ0) is 20.3. The molecule has 0 bridgehead atoms. The summed E-state index contributed by atoms with van der Waals surface area (Å²) in [5.74, 6) is 1.63. The Labute approximate surface area is 168 Å². The average Bonchev–Trinajstić information content (AvgIpc) is 3.26. The van der Waals surface area contributed by atoms with Gasteiger partial charge in [0, 0.05) is 18.9 Å². The number of anilines is 2. The third-order valence-electron chi connectivity index (χ3n) is 4.68. The predicted molar refractivity (Wildman–Crippen MR) is 106 cm³/mol. The zero-order valence-electron chi connectivity index (χ0n) is 15.8. The molecule has 1 aliphatic rings. The molecule has 150 valence electrons. The summed E-state index contributed by atoms with van der Waals surface area (Å²) in [5.41, 5.74) is 0.591. The molecular weight excluding hydrogens is 392 g/mol. The van der Waals surface area contributed by atoms with Crippen molar-refractivity contribution < 1.29 is 13.2 Å². The summed E-state index contributed by atoms with van der Waals surface area (Å²) in [6.45, 7) is 0.433. The number of nitrogens with one attached hydrogen (secondary N) is 1. The summed E-state index contributed by atoms with van der Waals surface area (Å²) in [4.78, 5) is 17.2. The quantitative estimate of drug-likeness (QED) is 0.658. The lowest BCUT2D eigenvalue weighted by atomic mass is 10.2. The van der Waals surface area contributed by atoms with Crippen molar-refractivity contribution in [3.8, 4) is 5.75 Å². The molecule has 1 fully saturated rings. The first-order valence-electron chi connectivity index (χ1n) is 9.09. The van der Waals surface area contributed by atoms with Gasteiger partial charge in [-0.3, -0.25) is 9.97 Å². The van der Waals surface area contributed by atoms with Crippen molar-refractivity contribution in [1.29, 1.82) is 0 Å². The van der Waals surface area contributed by atoms with Crippen molar-refractivity contribution in [2.75, 3.05) is 19.0 Å². The van der Waals surface area contributed by atoms with Crippen molar-refractivity contribution in [2.24, 2.45) is 0 Å². The third-order valence-corrected chi connectivity index (χ3v) is 6.61. The SMILES string of the molecule is COc1ccc(S(=O)(=O)N2CCC[C@@H]2c2cncc(Nc3cnccn3)n2)cc1. The van der Waals surface area contributed by atoms with E-state index in [-0.39, 0.29) is 10.9 Å². The number of nitrogens with zero attached hydrogens (tertiary/aromatic N) is 5. The average molecular weight is 412 g/mol. The fraction of sp³-hybridized carbons (Fsp3) is 0.263. The topological polar surface area (TPSA) is 110 Å². The van der Waals surface area contributed by atoms with Gasteiger partial charge in [-0.25, -0.2) is 18.4 Å². The van der Waals surface area contributed by atoms with Crippen LogP contribution in [0.2, 0.25) is 0 Å². The summed E-state index contributed by atoms with van der Waals surface area (Å²) in [6, 6.07) is 6.02. The van der Waals surface area contributed by atoms with Gasteiger partial charge < -0.3 is 10.1 Å². The van der Waals surface area contributed by atoms with Crippen molar-refractivity contribution in [3.05, 3.63) is 60.9 Å². The minimum absolute atomic E-state index is 0.229. The van der Waals surface area contributed by atoms with Gasteiger partial charge in [-0.15, -0.1) is 0 Å². The van der Waals surface area contributed by atoms with E-state index in [2.05, 4.69) is 25.3 Å². The second-order valence-electron chi connectivity index (χ2n) is 6.49. The van der Waals surface area contributed by atoms with E-state index in [0.717, 1.165) is 6.42 Å². The Bertz CT molecular complexity index is 1080. The van der Waals surface area contributed by atoms with Gasteiger partial charge in [0.1, 0.15) is 17.4 Å². The number of hydrogen-bond acceptors (Lipinski definition) is 8. The molecule has 1 saturated heterocycles. The van der Waals surface area contributed by atoms with Crippen LogP contribution in [-0.2, 0) is 10.0 Å². The van der Waals surface area contributed by atoms with E-state index in [4.69, 9.17) is 4.74 Å². The molecule has 4 rings (SSSR count). The molecule has 0 aliphatic carbocycles. The highest BCUT2D eigenvalue weighted by atomic mass is 32.2. The second-order valence-corrected chi connectivity index (χ2v) is 8.38. The van der Waals surface area contributed by atoms with Crippen LogP contribution in [0, 0.1) is 0 Å². The summed E-state index contributed by atoms with van der Waals surface area (Å²) in [5, 5.41) is 3.04. The minimum Gasteiger partial charge on any atom is -0.497 e. The van der Waals surface area contributed by atoms with Gasteiger partial charge in [-0.2, -0.15) is 4.31 Å². The van der Waals surface area contributed by atoms with E-state index in [1.54, 1.807) is 62.4 Å². The standard InChI is InChI=1S/C19H20N6O3S/c1-28-14-4-6-15(7-5-14)29(26,27)25-10-2-3-17(25)16-11-21-13-19(23-16)24-18-12-20-8-9-22-18/h4-9,11-13,17H,2-3,10H2,1H3,(H,22,23,24)/t17-/m1/s1. The Balaban J connectivity index is 1.60. The highest BCUT2D eigenvalue weighted by Gasteiger charge is 2.37. The second kappa shape index (κ2) is 8.10. The lowest BCUT2D eigenvalue weighted by molar-refractivity contribution is 0.389. The van der Waals surface area contributed by atoms with E-state index < -0.39 is 10.0 Å². The van der Waals surface area contributed by atoms with Gasteiger partial charge in [0.2, 0.25) is 10.0 Å². The maximum absolute atomic E-state index is 13.2. The van der Waals surface area contributed by atoms with Gasteiger partial charge in [0.25, 0.3) is 0 Å². The lowest BCUT2D eigenvalue weighted by Gasteiger charge is -2.24. The molecule has 0 unspecified atom stereocenters. The molecule has 3 heterocycles. The van der Waals surface area contributed by atoms with Crippen LogP contribution in [0.4, 0.5) is 11.6 Å². The van der Waals surface area contributed by atoms with E-state index in [9.17, 15) is 8.42 Å². The highest BCUT2D eigenvalue weighted by Crippen LogP contribution is 2.36. The fourth-order valence-electron chi connectivity index (χ4n) is 3.30. The third kappa shape index (κ3) is 4.03. The molecule has 1 atom stereocenters. The Morgan fingerprint density at radius 2 is 1.86 bits per heavy atom. The van der Waals surface area contributed by atoms with E-state index in [0.29, 0.717) is 36.0 Å². The molecule has 10 heteroatoms. The van der Waals surface area contributed by atoms with Crippen LogP contribution < -0.4 is 10.1 Å². The largest absolute Gasteiger partial charge is 0.497 e. The van der Waals surface area contributed by atoms with E-state index >= 15 is 0 Å². The number of aromatic nitrogens is 4. The van der Waals surface area contributed by atoms with Crippen molar-refractivity contribution in [2.45, 2.75) is 23.8 Å². The molecule has 1 N–H and O–H groups in total. The smallest absolute Gasteiger partial charge is 0.243 e. The van der Waals surface area contributed by atoms with Gasteiger partial charge >= 0.3 is 0 Å². The normalized spacial score (nSPS) is 17.2. The van der Waals surface area contributed by atoms with E-state index in [1.165, 1.54) is 4.31 Å². The minimum atomic E-state index is -3.67. The molecular formula is C19H20N6O3S. The Kier molecular flexibility index (Phi) is 5.36. The van der Waals surface area contributed by atoms with Crippen LogP contribution >= 0.6 is 0 Å². The molecule has 0 radical (unpaired) electrons. The summed E-state index contributed by atoms with van der Waals surface area (Å²) in [6.07, 6.45) is 9.32. The molecule has 0 amide bonds. The van der Waals surface area contributed by atoms with Crippen molar-refractivity contribution in [3.63, 3.8) is 0 Å². The van der Waals surface area contributed by atoms with E-state index in [1.807, 2.05) is 0 Å². The van der Waals surface area contributed by atoms with Gasteiger partial charge in [-0.05, 0) is 37.1 Å².